The maximum Gasteiger partial charge on any atom is 0.306 e. The number of hydrogen-bond acceptors (Lipinski definition) is 8. The van der Waals surface area contributed by atoms with Crippen molar-refractivity contribution >= 4 is 35.1 Å². The van der Waals surface area contributed by atoms with E-state index in [1.807, 2.05) is 20.8 Å². The molecule has 2 fully saturated rings. The highest BCUT2D eigenvalue weighted by Gasteiger charge is 2.74. The molecule has 0 aromatic rings. The molecule has 0 saturated heterocycles. The van der Waals surface area contributed by atoms with Crippen LogP contribution in [0.5, 0.6) is 0 Å². The molecule has 0 spiro atoms. The van der Waals surface area contributed by atoms with Crippen LogP contribution in [-0.2, 0) is 33.5 Å². The fraction of sp³-hybridized carbons (Fsp3) is 0.750. The van der Waals surface area contributed by atoms with E-state index in [0.717, 1.165) is 0 Å². The Morgan fingerprint density at radius 2 is 1.59 bits per heavy atom. The lowest BCUT2D eigenvalue weighted by molar-refractivity contribution is -0.176. The molecule has 0 aromatic heterocycles. The number of esters is 1. The Morgan fingerprint density at radius 1 is 0.976 bits per heavy atom. The lowest BCUT2D eigenvalue weighted by Gasteiger charge is -2.61. The first-order valence-electron chi connectivity index (χ1n) is 14.7. The second-order valence-electron chi connectivity index (χ2n) is 14.4. The van der Waals surface area contributed by atoms with Gasteiger partial charge in [0.1, 0.15) is 11.6 Å². The molecule has 226 valence electrons. The molecule has 0 radical (unpaired) electrons. The summed E-state index contributed by atoms with van der Waals surface area (Å²) in [5, 5.41) is 20.1. The van der Waals surface area contributed by atoms with Gasteiger partial charge in [-0.05, 0) is 42.9 Å². The number of hydrogen-bond donors (Lipinski definition) is 2. The Hall–Kier alpha value is -2.68. The van der Waals surface area contributed by atoms with Gasteiger partial charge in [0.05, 0.1) is 17.4 Å². The molecule has 2 unspecified atom stereocenters. The Bertz CT molecular complexity index is 1260. The fourth-order valence-corrected chi connectivity index (χ4v) is 9.17. The number of aliphatic carboxylic acids is 1. The predicted molar refractivity (Wildman–Crippen MR) is 147 cm³/mol. The zero-order valence-corrected chi connectivity index (χ0v) is 25.5. The van der Waals surface area contributed by atoms with E-state index in [4.69, 9.17) is 4.74 Å². The van der Waals surface area contributed by atoms with Crippen molar-refractivity contribution in [1.29, 1.82) is 0 Å². The van der Waals surface area contributed by atoms with Gasteiger partial charge in [0, 0.05) is 54.6 Å². The smallest absolute Gasteiger partial charge is 0.306 e. The van der Waals surface area contributed by atoms with Crippen LogP contribution in [0.4, 0.5) is 0 Å². The lowest BCUT2D eigenvalue weighted by atomic mass is 9.42. The second-order valence-corrected chi connectivity index (χ2v) is 14.4. The molecular weight excluding hydrogens is 528 g/mol. The highest BCUT2D eigenvalue weighted by atomic mass is 16.5. The van der Waals surface area contributed by atoms with E-state index in [2.05, 4.69) is 0 Å². The van der Waals surface area contributed by atoms with Gasteiger partial charge in [0.15, 0.2) is 11.9 Å². The van der Waals surface area contributed by atoms with E-state index in [0.29, 0.717) is 12.8 Å². The minimum Gasteiger partial charge on any atom is -0.481 e. The van der Waals surface area contributed by atoms with Gasteiger partial charge in [-0.25, -0.2) is 0 Å². The first-order valence-corrected chi connectivity index (χ1v) is 14.7. The van der Waals surface area contributed by atoms with Crippen LogP contribution in [0.1, 0.15) is 93.9 Å². The molecule has 0 aliphatic heterocycles. The quantitative estimate of drug-likeness (QED) is 0.433. The van der Waals surface area contributed by atoms with Crippen LogP contribution in [0.3, 0.4) is 0 Å². The van der Waals surface area contributed by atoms with Gasteiger partial charge >= 0.3 is 11.9 Å². The van der Waals surface area contributed by atoms with E-state index in [-0.39, 0.29) is 60.1 Å². The molecule has 4 aliphatic rings. The summed E-state index contributed by atoms with van der Waals surface area (Å²) in [7, 11) is 0. The summed E-state index contributed by atoms with van der Waals surface area (Å²) in [6, 6.07) is 0. The number of Topliss-reactive ketones (excluding diaryl/α,β-unsaturated/α-hetero) is 4. The average Bonchev–Trinajstić information content (AvgIpc) is 3.07. The maximum atomic E-state index is 14.6. The first kappa shape index (κ1) is 31.3. The number of carbonyl (C=O) groups is 6. The fourth-order valence-electron chi connectivity index (χ4n) is 9.17. The van der Waals surface area contributed by atoms with Crippen LogP contribution >= 0.6 is 0 Å². The molecule has 9 atom stereocenters. The summed E-state index contributed by atoms with van der Waals surface area (Å²) in [5.74, 6) is -5.24. The highest BCUT2D eigenvalue weighted by molar-refractivity contribution is 6.18. The molecule has 0 bridgehead atoms. The van der Waals surface area contributed by atoms with Gasteiger partial charge in [-0.3, -0.25) is 28.8 Å². The molecule has 4 aliphatic carbocycles. The molecular formula is C32H44O9. The third kappa shape index (κ3) is 4.28. The highest BCUT2D eigenvalue weighted by Crippen LogP contribution is 2.70. The first-order chi connectivity index (χ1) is 18.8. The number of aliphatic hydroxyl groups excluding tert-OH is 1. The number of carboxylic acid groups (broad SMARTS) is 1. The number of carboxylic acids is 1. The molecule has 9 nitrogen and oxygen atoms in total. The topological polar surface area (TPSA) is 152 Å². The van der Waals surface area contributed by atoms with Crippen molar-refractivity contribution in [1.82, 2.24) is 0 Å². The number of ether oxygens (including phenoxy) is 1. The molecule has 41 heavy (non-hydrogen) atoms. The lowest BCUT2D eigenvalue weighted by Crippen LogP contribution is -2.65. The molecule has 2 saturated carbocycles. The van der Waals surface area contributed by atoms with E-state index in [1.165, 1.54) is 13.8 Å². The minimum atomic E-state index is -1.43. The SMILES string of the molecule is CC(=O)O[C@@H]1C(=O)C2=C(C(=O)C[C@H]3C(C)(C)C(O)CC[C@]23C)[C@]2(C)C(=O)C[C@H]([C@@H](C)CC(=O)CC(C)C(=O)O)[C@@]12C. The molecule has 2 N–H and O–H groups in total. The van der Waals surface area contributed by atoms with E-state index in [1.54, 1.807) is 20.8 Å². The van der Waals surface area contributed by atoms with Crippen molar-refractivity contribution in [2.24, 2.45) is 45.3 Å². The molecule has 0 amide bonds. The van der Waals surface area contributed by atoms with E-state index in [9.17, 15) is 39.0 Å². The van der Waals surface area contributed by atoms with Crippen molar-refractivity contribution in [3.63, 3.8) is 0 Å². The number of fused-ring (bicyclic) bond motifs is 4. The van der Waals surface area contributed by atoms with Crippen molar-refractivity contribution in [2.45, 2.75) is 106 Å². The Kier molecular flexibility index (Phi) is 7.59. The van der Waals surface area contributed by atoms with Crippen molar-refractivity contribution in [2.75, 3.05) is 0 Å². The molecule has 0 aromatic carbocycles. The van der Waals surface area contributed by atoms with E-state index >= 15 is 0 Å². The largest absolute Gasteiger partial charge is 0.481 e. The van der Waals surface area contributed by atoms with E-state index < -0.39 is 69.3 Å². The summed E-state index contributed by atoms with van der Waals surface area (Å²) >= 11 is 0. The zero-order chi connectivity index (χ0) is 31.0. The maximum absolute atomic E-state index is 14.6. The van der Waals surface area contributed by atoms with Crippen LogP contribution in [0.15, 0.2) is 11.1 Å². The van der Waals surface area contributed by atoms with Crippen molar-refractivity contribution in [3.05, 3.63) is 11.1 Å². The summed E-state index contributed by atoms with van der Waals surface area (Å²) in [5.41, 5.74) is -3.73. The van der Waals surface area contributed by atoms with Crippen molar-refractivity contribution < 1.29 is 43.7 Å². The average molecular weight is 573 g/mol. The zero-order valence-electron chi connectivity index (χ0n) is 25.5. The Labute approximate surface area is 241 Å². The minimum absolute atomic E-state index is 0.00458. The Morgan fingerprint density at radius 3 is 2.15 bits per heavy atom. The van der Waals surface area contributed by atoms with Crippen LogP contribution in [0.2, 0.25) is 0 Å². The van der Waals surface area contributed by atoms with Crippen LogP contribution in [-0.4, -0.2) is 57.5 Å². The van der Waals surface area contributed by atoms with Gasteiger partial charge in [0.2, 0.25) is 5.78 Å². The molecule has 4 rings (SSSR count). The standard InChI is InChI=1S/C32H44O9/c1-15(11-18(34)12-16(2)28(39)40)19-13-23(37)32(8)24-20(35)14-21-29(4,5)22(36)9-10-30(21,6)25(24)26(38)27(31(19,32)7)41-17(3)33/h15-16,19,21-22,27,36H,9-14H2,1-8H3,(H,39,40)/t15-,16?,19+,21-,22?,27+,30-,31-,32-/m0/s1. The van der Waals surface area contributed by atoms with Crippen LogP contribution < -0.4 is 0 Å². The Balaban J connectivity index is 1.88. The second kappa shape index (κ2) is 9.96. The number of allylic oxidation sites excluding steroid dienone is 1. The predicted octanol–water partition coefficient (Wildman–Crippen LogP) is 3.88. The monoisotopic (exact) mass is 572 g/mol. The number of aliphatic hydroxyl groups is 1. The molecule has 0 heterocycles. The third-order valence-corrected chi connectivity index (χ3v) is 11.8. The van der Waals surface area contributed by atoms with Gasteiger partial charge in [-0.15, -0.1) is 0 Å². The summed E-state index contributed by atoms with van der Waals surface area (Å²) in [6.45, 7) is 13.6. The van der Waals surface area contributed by atoms with Gasteiger partial charge < -0.3 is 14.9 Å². The summed E-state index contributed by atoms with van der Waals surface area (Å²) in [6.07, 6.45) is -1.19. The van der Waals surface area contributed by atoms with Crippen LogP contribution in [0.25, 0.3) is 0 Å². The summed E-state index contributed by atoms with van der Waals surface area (Å²) in [4.78, 5) is 79.5. The normalized spacial score (nSPS) is 39.4. The number of rotatable bonds is 7. The number of ketones is 4. The van der Waals surface area contributed by atoms with Crippen molar-refractivity contribution in [3.8, 4) is 0 Å². The van der Waals surface area contributed by atoms with Gasteiger partial charge in [0.25, 0.3) is 0 Å². The van der Waals surface area contributed by atoms with Gasteiger partial charge in [-0.2, -0.15) is 0 Å². The van der Waals surface area contributed by atoms with Crippen LogP contribution in [0, 0.1) is 45.3 Å². The molecule has 9 heteroatoms. The van der Waals surface area contributed by atoms with Gasteiger partial charge in [-0.1, -0.05) is 41.5 Å². The third-order valence-electron chi connectivity index (χ3n) is 11.8. The summed E-state index contributed by atoms with van der Waals surface area (Å²) < 4.78 is 5.80. The number of carbonyl (C=O) groups excluding carboxylic acids is 5.